The molecule has 0 aliphatic heterocycles. The van der Waals surface area contributed by atoms with E-state index in [1.54, 1.807) is 7.11 Å². The van der Waals surface area contributed by atoms with Crippen molar-refractivity contribution in [2.45, 2.75) is 32.3 Å². The Kier molecular flexibility index (Phi) is 4.99. The topological polar surface area (TPSA) is 46.5 Å². The highest BCUT2D eigenvalue weighted by Crippen LogP contribution is 2.21. The molecule has 0 saturated carbocycles. The smallest absolute Gasteiger partial charge is 0.303 e. The van der Waals surface area contributed by atoms with Gasteiger partial charge in [0.25, 0.3) is 0 Å². The summed E-state index contributed by atoms with van der Waals surface area (Å²) in [7, 11) is 1.68. The van der Waals surface area contributed by atoms with Crippen LogP contribution in [-0.2, 0) is 16.0 Å². The van der Waals surface area contributed by atoms with Gasteiger partial charge in [-0.3, -0.25) is 4.79 Å². The number of carbonyl (C=O) groups is 1. The van der Waals surface area contributed by atoms with Crippen LogP contribution >= 0.6 is 0 Å². The van der Waals surface area contributed by atoms with E-state index in [-0.39, 0.29) is 12.5 Å². The molecular formula is C13H18O3. The summed E-state index contributed by atoms with van der Waals surface area (Å²) >= 11 is 0. The van der Waals surface area contributed by atoms with E-state index >= 15 is 0 Å². The molecule has 0 bridgehead atoms. The van der Waals surface area contributed by atoms with Gasteiger partial charge in [-0.15, -0.1) is 0 Å². The molecule has 16 heavy (non-hydrogen) atoms. The van der Waals surface area contributed by atoms with E-state index in [0.29, 0.717) is 6.42 Å². The molecule has 0 spiro atoms. The van der Waals surface area contributed by atoms with Gasteiger partial charge >= 0.3 is 5.97 Å². The molecule has 0 amide bonds. The molecule has 0 aromatic heterocycles. The van der Waals surface area contributed by atoms with Crippen LogP contribution in [0.5, 0.6) is 0 Å². The molecule has 0 saturated heterocycles. The number of aryl methyl sites for hydroxylation is 1. The van der Waals surface area contributed by atoms with Gasteiger partial charge < -0.3 is 9.84 Å². The number of benzene rings is 1. The van der Waals surface area contributed by atoms with Crippen molar-refractivity contribution in [1.82, 2.24) is 0 Å². The number of hydrogen-bond acceptors (Lipinski definition) is 2. The van der Waals surface area contributed by atoms with Crippen molar-refractivity contribution in [2.75, 3.05) is 7.11 Å². The highest BCUT2D eigenvalue weighted by Gasteiger charge is 2.09. The number of methoxy groups -OCH3 is 1. The van der Waals surface area contributed by atoms with Gasteiger partial charge in [0.15, 0.2) is 0 Å². The molecule has 1 atom stereocenters. The molecule has 88 valence electrons. The van der Waals surface area contributed by atoms with E-state index in [9.17, 15) is 4.79 Å². The maximum absolute atomic E-state index is 10.4. The molecule has 0 radical (unpaired) electrons. The van der Waals surface area contributed by atoms with Crippen LogP contribution in [0, 0.1) is 0 Å². The lowest BCUT2D eigenvalue weighted by atomic mass is 9.98. The fourth-order valence-electron chi connectivity index (χ4n) is 1.72. The van der Waals surface area contributed by atoms with Crippen molar-refractivity contribution in [2.24, 2.45) is 0 Å². The van der Waals surface area contributed by atoms with Crippen LogP contribution in [0.1, 0.15) is 37.0 Å². The summed E-state index contributed by atoms with van der Waals surface area (Å²) in [6, 6.07) is 8.02. The molecule has 0 aliphatic carbocycles. The lowest BCUT2D eigenvalue weighted by Crippen LogP contribution is -2.02. The molecule has 1 aromatic carbocycles. The highest BCUT2D eigenvalue weighted by molar-refractivity contribution is 5.66. The third-order valence-electron chi connectivity index (χ3n) is 2.68. The summed E-state index contributed by atoms with van der Waals surface area (Å²) < 4.78 is 5.29. The van der Waals surface area contributed by atoms with E-state index in [4.69, 9.17) is 9.84 Å². The summed E-state index contributed by atoms with van der Waals surface area (Å²) in [4.78, 5) is 10.4. The Morgan fingerprint density at radius 1 is 1.44 bits per heavy atom. The molecule has 3 nitrogen and oxygen atoms in total. The number of aliphatic carboxylic acids is 1. The van der Waals surface area contributed by atoms with Crippen LogP contribution in [-0.4, -0.2) is 18.2 Å². The largest absolute Gasteiger partial charge is 0.481 e. The minimum Gasteiger partial charge on any atom is -0.481 e. The van der Waals surface area contributed by atoms with Gasteiger partial charge in [-0.1, -0.05) is 24.3 Å². The predicted molar refractivity (Wildman–Crippen MR) is 62.4 cm³/mol. The van der Waals surface area contributed by atoms with Crippen LogP contribution in [0.15, 0.2) is 24.3 Å². The second-order valence-corrected chi connectivity index (χ2v) is 3.82. The van der Waals surface area contributed by atoms with E-state index in [1.165, 1.54) is 5.56 Å². The average molecular weight is 222 g/mol. The van der Waals surface area contributed by atoms with Crippen molar-refractivity contribution in [1.29, 1.82) is 0 Å². The zero-order valence-corrected chi connectivity index (χ0v) is 9.77. The normalized spacial score (nSPS) is 12.4. The van der Waals surface area contributed by atoms with Gasteiger partial charge in [-0.25, -0.2) is 0 Å². The van der Waals surface area contributed by atoms with Crippen LogP contribution in [0.25, 0.3) is 0 Å². The van der Waals surface area contributed by atoms with Gasteiger partial charge in [0.1, 0.15) is 0 Å². The first-order valence-corrected chi connectivity index (χ1v) is 5.47. The SMILES string of the molecule is COC(C)c1ccccc1CCCC(=O)O. The summed E-state index contributed by atoms with van der Waals surface area (Å²) in [5.41, 5.74) is 2.33. The zero-order chi connectivity index (χ0) is 12.0. The van der Waals surface area contributed by atoms with Crippen molar-refractivity contribution < 1.29 is 14.6 Å². The zero-order valence-electron chi connectivity index (χ0n) is 9.77. The van der Waals surface area contributed by atoms with Gasteiger partial charge in [0.2, 0.25) is 0 Å². The van der Waals surface area contributed by atoms with Gasteiger partial charge in [-0.05, 0) is 30.9 Å². The molecule has 1 aromatic rings. The fraction of sp³-hybridized carbons (Fsp3) is 0.462. The third-order valence-corrected chi connectivity index (χ3v) is 2.68. The van der Waals surface area contributed by atoms with E-state index < -0.39 is 5.97 Å². The highest BCUT2D eigenvalue weighted by atomic mass is 16.5. The third kappa shape index (κ3) is 3.66. The van der Waals surface area contributed by atoms with Gasteiger partial charge in [0.05, 0.1) is 6.10 Å². The molecule has 0 aliphatic rings. The summed E-state index contributed by atoms with van der Waals surface area (Å²) in [5, 5.41) is 8.59. The Hall–Kier alpha value is -1.35. The van der Waals surface area contributed by atoms with Crippen molar-refractivity contribution in [3.05, 3.63) is 35.4 Å². The predicted octanol–water partition coefficient (Wildman–Crippen LogP) is 2.80. The molecule has 0 fully saturated rings. The standard InChI is InChI=1S/C13H18O3/c1-10(16-2)12-8-4-3-6-11(12)7-5-9-13(14)15/h3-4,6,8,10H,5,7,9H2,1-2H3,(H,14,15). The van der Waals surface area contributed by atoms with Crippen LogP contribution < -0.4 is 0 Å². The van der Waals surface area contributed by atoms with Crippen molar-refractivity contribution >= 4 is 5.97 Å². The molecule has 0 heterocycles. The summed E-state index contributed by atoms with van der Waals surface area (Å²) in [5.74, 6) is -0.739. The Labute approximate surface area is 96.1 Å². The van der Waals surface area contributed by atoms with E-state index in [2.05, 4.69) is 0 Å². The molecule has 1 rings (SSSR count). The first-order chi connectivity index (χ1) is 7.65. The number of hydrogen-bond donors (Lipinski definition) is 1. The number of rotatable bonds is 6. The minimum absolute atomic E-state index is 0.0565. The molecular weight excluding hydrogens is 204 g/mol. The summed E-state index contributed by atoms with van der Waals surface area (Å²) in [6.07, 6.45) is 1.73. The molecule has 1 unspecified atom stereocenters. The monoisotopic (exact) mass is 222 g/mol. The number of carboxylic acid groups (broad SMARTS) is 1. The Morgan fingerprint density at radius 2 is 2.12 bits per heavy atom. The van der Waals surface area contributed by atoms with Crippen LogP contribution in [0.2, 0.25) is 0 Å². The lowest BCUT2D eigenvalue weighted by Gasteiger charge is -2.14. The van der Waals surface area contributed by atoms with Crippen molar-refractivity contribution in [3.63, 3.8) is 0 Å². The average Bonchev–Trinajstić information content (AvgIpc) is 2.28. The molecule has 1 N–H and O–H groups in total. The maximum atomic E-state index is 10.4. The maximum Gasteiger partial charge on any atom is 0.303 e. The van der Waals surface area contributed by atoms with Gasteiger partial charge in [-0.2, -0.15) is 0 Å². The Morgan fingerprint density at radius 3 is 2.75 bits per heavy atom. The second-order valence-electron chi connectivity index (χ2n) is 3.82. The fourth-order valence-corrected chi connectivity index (χ4v) is 1.72. The first kappa shape index (κ1) is 12.7. The number of carboxylic acids is 1. The van der Waals surface area contributed by atoms with Crippen LogP contribution in [0.4, 0.5) is 0 Å². The Balaban J connectivity index is 2.67. The first-order valence-electron chi connectivity index (χ1n) is 5.47. The van der Waals surface area contributed by atoms with Crippen molar-refractivity contribution in [3.8, 4) is 0 Å². The lowest BCUT2D eigenvalue weighted by molar-refractivity contribution is -0.137. The quantitative estimate of drug-likeness (QED) is 0.805. The van der Waals surface area contributed by atoms with Crippen LogP contribution in [0.3, 0.4) is 0 Å². The second kappa shape index (κ2) is 6.28. The van der Waals surface area contributed by atoms with E-state index in [0.717, 1.165) is 12.0 Å². The molecule has 3 heteroatoms. The summed E-state index contributed by atoms with van der Waals surface area (Å²) in [6.45, 7) is 2.00. The Bertz CT molecular complexity index is 347. The van der Waals surface area contributed by atoms with Gasteiger partial charge in [0, 0.05) is 13.5 Å². The minimum atomic E-state index is -0.739. The van der Waals surface area contributed by atoms with E-state index in [1.807, 2.05) is 31.2 Å². The number of ether oxygens (including phenoxy) is 1.